The first-order valence-electron chi connectivity index (χ1n) is 19.5. The number of hydrogen-bond donors (Lipinski definition) is 3. The third-order valence-electron chi connectivity index (χ3n) is 12.4. The number of piperidine rings is 1. The maximum atomic E-state index is 14.5. The van der Waals surface area contributed by atoms with Crippen molar-refractivity contribution in [2.75, 3.05) is 34.4 Å². The van der Waals surface area contributed by atoms with E-state index in [0.717, 1.165) is 12.1 Å². The summed E-state index contributed by atoms with van der Waals surface area (Å²) in [7, 11) is 4.10. The minimum absolute atomic E-state index is 0.0302. The van der Waals surface area contributed by atoms with E-state index in [4.69, 9.17) is 30.5 Å². The average Bonchev–Trinajstić information content (AvgIpc) is 3.53. The summed E-state index contributed by atoms with van der Waals surface area (Å²) in [5, 5.41) is 25.8. The molecule has 58 heavy (non-hydrogen) atoms. The number of likely N-dealkylation sites (tertiary alicyclic amines) is 1. The molecule has 1 spiro atoms. The molecule has 2 aromatic carbocycles. The Morgan fingerprint density at radius 1 is 1.00 bits per heavy atom. The van der Waals surface area contributed by atoms with Gasteiger partial charge >= 0.3 is 0 Å². The number of fused-ring (bicyclic) bond motifs is 5. The number of rotatable bonds is 11. The van der Waals surface area contributed by atoms with Gasteiger partial charge in [0.1, 0.15) is 28.1 Å². The van der Waals surface area contributed by atoms with Crippen LogP contribution in [0.25, 0.3) is 0 Å². The number of carbonyl (C=O) groups is 4. The van der Waals surface area contributed by atoms with Gasteiger partial charge in [-0.25, -0.2) is 0 Å². The number of nitrogens with zero attached hydrogens (tertiary/aromatic N) is 2. The van der Waals surface area contributed by atoms with Crippen LogP contribution in [0.2, 0.25) is 5.02 Å². The first-order chi connectivity index (χ1) is 27.7. The molecule has 0 saturated carbocycles. The smallest absolute Gasteiger partial charge is 0.250 e. The zero-order chi connectivity index (χ0) is 41.8. The second-order valence-electron chi connectivity index (χ2n) is 15.8. The maximum Gasteiger partial charge on any atom is 0.250 e. The second-order valence-corrected chi connectivity index (χ2v) is 16.2. The Labute approximate surface area is 340 Å². The highest BCUT2D eigenvalue weighted by Gasteiger charge is 2.61. The molecule has 1 aromatic heterocycles. The molecule has 3 N–H and O–H groups in total. The number of phenolic OH excluding ortho intramolecular Hbond substituents is 1. The molecule has 2 bridgehead atoms. The lowest BCUT2D eigenvalue weighted by atomic mass is 9.69. The van der Waals surface area contributed by atoms with Crippen molar-refractivity contribution in [2.24, 2.45) is 17.8 Å². The van der Waals surface area contributed by atoms with Crippen LogP contribution in [0.15, 0.2) is 58.6 Å². The number of nitrogens with one attached hydrogen (secondary N) is 1. The number of Topliss-reactive ketones (excluding diaryl/α,β-unsaturated/α-hetero) is 2. The number of pyridine rings is 1. The van der Waals surface area contributed by atoms with Crippen molar-refractivity contribution >= 4 is 35.0 Å². The Bertz CT molecular complexity index is 2290. The molecule has 0 radical (unpaired) electrons. The Morgan fingerprint density at radius 2 is 1.72 bits per heavy atom. The molecule has 14 nitrogen and oxygen atoms in total. The van der Waals surface area contributed by atoms with Gasteiger partial charge in [0, 0.05) is 73.6 Å². The summed E-state index contributed by atoms with van der Waals surface area (Å²) in [6.45, 7) is 6.74. The fourth-order valence-corrected chi connectivity index (χ4v) is 9.47. The highest BCUT2D eigenvalue weighted by atomic mass is 35.5. The average molecular weight is 818 g/mol. The van der Waals surface area contributed by atoms with Gasteiger partial charge in [-0.2, -0.15) is 0 Å². The van der Waals surface area contributed by atoms with Crippen LogP contribution in [0, 0.1) is 17.8 Å². The molecule has 4 heterocycles. The lowest BCUT2D eigenvalue weighted by Crippen LogP contribution is -2.56. The number of aromatic hydroxyl groups is 1. The van der Waals surface area contributed by atoms with Gasteiger partial charge in [-0.1, -0.05) is 50.9 Å². The number of aliphatic hydroxyl groups excluding tert-OH is 1. The molecule has 2 unspecified atom stereocenters. The Balaban J connectivity index is 1.25. The number of carbonyl (C=O) groups excluding carboxylic acids is 4. The number of methoxy groups -OCH3 is 3. The standard InChI is InChI=1S/C43H48ClN3O11/c1-7-21(2)38(42(54)46-18-23-14-25(20-46)27-9-8-10-34(51)47(27)19-23)45-33(50)16-26(24-11-12-28(48)30(15-24)55-4)35-29(49)13-22(3)43(40(35)52)41(53)36-31(56-5)17-32(57-6)37(44)39(36)58-43/h8-12,15,17,21-23,25-26,38,48,52H,7,13-14,16,18-20H2,1-6H3,(H,45,50)/t21?,22-,23-,25+,26?,38+,43+/m1/s1. The summed E-state index contributed by atoms with van der Waals surface area (Å²) >= 11 is 6.65. The van der Waals surface area contributed by atoms with Crippen LogP contribution < -0.4 is 29.8 Å². The summed E-state index contributed by atoms with van der Waals surface area (Å²) < 4.78 is 24.4. The molecule has 7 atom stereocenters. The van der Waals surface area contributed by atoms with Crippen LogP contribution in [0.5, 0.6) is 28.7 Å². The quantitative estimate of drug-likeness (QED) is 0.228. The molecular weight excluding hydrogens is 770 g/mol. The molecule has 3 aromatic rings. The third kappa shape index (κ3) is 6.64. The van der Waals surface area contributed by atoms with Gasteiger partial charge < -0.3 is 43.9 Å². The summed E-state index contributed by atoms with van der Waals surface area (Å²) in [5.74, 6) is -5.06. The number of hydrogen-bond acceptors (Lipinski definition) is 11. The summed E-state index contributed by atoms with van der Waals surface area (Å²) in [5.41, 5.74) is -1.25. The number of aliphatic hydroxyl groups is 1. The van der Waals surface area contributed by atoms with Crippen LogP contribution in [-0.2, 0) is 20.9 Å². The van der Waals surface area contributed by atoms with Crippen LogP contribution >= 0.6 is 11.6 Å². The molecule has 15 heteroatoms. The highest BCUT2D eigenvalue weighted by Crippen LogP contribution is 2.56. The van der Waals surface area contributed by atoms with Crippen LogP contribution in [0.1, 0.15) is 79.9 Å². The normalized spacial score (nSPS) is 23.7. The number of benzene rings is 2. The predicted octanol–water partition coefficient (Wildman–Crippen LogP) is 5.32. The largest absolute Gasteiger partial charge is 0.507 e. The minimum Gasteiger partial charge on any atom is -0.507 e. The van der Waals surface area contributed by atoms with E-state index < -0.39 is 53.1 Å². The van der Waals surface area contributed by atoms with Crippen molar-refractivity contribution in [3.8, 4) is 28.7 Å². The van der Waals surface area contributed by atoms with Crippen LogP contribution in [0.3, 0.4) is 0 Å². The van der Waals surface area contributed by atoms with E-state index in [2.05, 4.69) is 5.32 Å². The van der Waals surface area contributed by atoms with Gasteiger partial charge in [-0.15, -0.1) is 0 Å². The van der Waals surface area contributed by atoms with Crippen molar-refractivity contribution in [3.05, 3.63) is 86.0 Å². The number of phenols is 1. The third-order valence-corrected chi connectivity index (χ3v) is 12.8. The lowest BCUT2D eigenvalue weighted by Gasteiger charge is -2.44. The number of ether oxygens (including phenoxy) is 4. The zero-order valence-corrected chi connectivity index (χ0v) is 34.1. The molecule has 4 aliphatic rings. The van der Waals surface area contributed by atoms with Crippen molar-refractivity contribution in [1.29, 1.82) is 0 Å². The van der Waals surface area contributed by atoms with Gasteiger partial charge in [-0.3, -0.25) is 24.0 Å². The maximum absolute atomic E-state index is 14.5. The molecule has 7 rings (SSSR count). The molecule has 3 aliphatic heterocycles. The Kier molecular flexibility index (Phi) is 11.0. The van der Waals surface area contributed by atoms with Crippen molar-refractivity contribution < 1.29 is 48.3 Å². The van der Waals surface area contributed by atoms with Gasteiger partial charge in [0.15, 0.2) is 28.8 Å². The molecule has 308 valence electrons. The predicted molar refractivity (Wildman–Crippen MR) is 212 cm³/mol. The summed E-state index contributed by atoms with van der Waals surface area (Å²) in [6.07, 6.45) is 0.728. The second kappa shape index (κ2) is 15.7. The number of amides is 2. The Hall–Kier alpha value is -5.50. The molecule has 1 fully saturated rings. The minimum atomic E-state index is -2.12. The van der Waals surface area contributed by atoms with Crippen molar-refractivity contribution in [3.63, 3.8) is 0 Å². The molecular formula is C43H48ClN3O11. The van der Waals surface area contributed by atoms with E-state index in [1.54, 1.807) is 28.5 Å². The van der Waals surface area contributed by atoms with Crippen molar-refractivity contribution in [2.45, 2.75) is 76.5 Å². The number of ketones is 2. The van der Waals surface area contributed by atoms with E-state index in [1.165, 1.54) is 45.6 Å². The molecule has 1 saturated heterocycles. The van der Waals surface area contributed by atoms with Gasteiger partial charge in [0.05, 0.1) is 21.3 Å². The number of aromatic nitrogens is 1. The summed E-state index contributed by atoms with van der Waals surface area (Å²) in [4.78, 5) is 71.9. The van der Waals surface area contributed by atoms with Gasteiger partial charge in [0.25, 0.3) is 5.56 Å². The van der Waals surface area contributed by atoms with E-state index >= 15 is 0 Å². The Morgan fingerprint density at radius 3 is 2.41 bits per heavy atom. The van der Waals surface area contributed by atoms with Gasteiger partial charge in [0.2, 0.25) is 23.2 Å². The van der Waals surface area contributed by atoms with E-state index in [-0.39, 0.29) is 80.5 Å². The summed E-state index contributed by atoms with van der Waals surface area (Å²) in [6, 6.07) is 10.0. The van der Waals surface area contributed by atoms with E-state index in [9.17, 15) is 34.2 Å². The molecule has 2 amide bonds. The SMILES string of the molecule is CCC(C)[C@H](NC(=O)CC(C1=C(O)[C@@]2(Oc3c(Cl)c(OC)cc(OC)c3C2=O)[C@H](C)CC1=O)c1ccc(O)c(OC)c1)C(=O)N1C[C@H]2C[C@@H](C1)c1cccc(=O)n1C2. The van der Waals surface area contributed by atoms with Crippen LogP contribution in [-0.4, -0.2) is 89.1 Å². The van der Waals surface area contributed by atoms with E-state index in [1.807, 2.05) is 19.9 Å². The van der Waals surface area contributed by atoms with Gasteiger partial charge in [-0.05, 0) is 42.0 Å². The molecule has 1 aliphatic carbocycles. The number of allylic oxidation sites excluding steroid dienone is 1. The van der Waals surface area contributed by atoms with Crippen molar-refractivity contribution in [1.82, 2.24) is 14.8 Å². The fraction of sp³-hybridized carbons (Fsp3) is 0.465. The highest BCUT2D eigenvalue weighted by molar-refractivity contribution is 6.35. The van der Waals surface area contributed by atoms with Crippen LogP contribution in [0.4, 0.5) is 0 Å². The monoisotopic (exact) mass is 817 g/mol. The number of halogens is 1. The first-order valence-corrected chi connectivity index (χ1v) is 19.9. The topological polar surface area (TPSA) is 183 Å². The lowest BCUT2D eigenvalue weighted by molar-refractivity contribution is -0.140. The fourth-order valence-electron chi connectivity index (χ4n) is 9.21. The first kappa shape index (κ1) is 40.7. The zero-order valence-electron chi connectivity index (χ0n) is 33.3. The van der Waals surface area contributed by atoms with E-state index in [0.29, 0.717) is 31.6 Å².